The van der Waals surface area contributed by atoms with Crippen molar-refractivity contribution in [1.29, 1.82) is 0 Å². The summed E-state index contributed by atoms with van der Waals surface area (Å²) < 4.78 is 7.15. The molecule has 0 spiro atoms. The van der Waals surface area contributed by atoms with Gasteiger partial charge in [-0.15, -0.1) is 0 Å². The molecule has 1 unspecified atom stereocenters. The Bertz CT molecular complexity index is 690. The molecule has 0 bridgehead atoms. The zero-order valence-corrected chi connectivity index (χ0v) is 14.2. The molecule has 5 nitrogen and oxygen atoms in total. The van der Waals surface area contributed by atoms with Crippen LogP contribution in [0.3, 0.4) is 0 Å². The van der Waals surface area contributed by atoms with Gasteiger partial charge < -0.3 is 10.5 Å². The largest absolute Gasteiger partial charge is 0.450 e. The van der Waals surface area contributed by atoms with E-state index in [0.29, 0.717) is 10.2 Å². The molecule has 0 aliphatic rings. The van der Waals surface area contributed by atoms with Crippen molar-refractivity contribution < 1.29 is 9.66 Å². The summed E-state index contributed by atoms with van der Waals surface area (Å²) in [6.45, 7) is 1.83. The van der Waals surface area contributed by atoms with Crippen LogP contribution >= 0.6 is 31.9 Å². The molecule has 0 fully saturated rings. The summed E-state index contributed by atoms with van der Waals surface area (Å²) in [5.41, 5.74) is 6.57. The van der Waals surface area contributed by atoms with Crippen LogP contribution < -0.4 is 10.5 Å². The van der Waals surface area contributed by atoms with E-state index in [0.717, 1.165) is 10.0 Å². The van der Waals surface area contributed by atoms with Crippen molar-refractivity contribution in [2.75, 3.05) is 0 Å². The minimum Gasteiger partial charge on any atom is -0.450 e. The summed E-state index contributed by atoms with van der Waals surface area (Å²) >= 11 is 6.57. The lowest BCUT2D eigenvalue weighted by Crippen LogP contribution is -2.07. The van der Waals surface area contributed by atoms with Crippen LogP contribution in [0, 0.1) is 10.1 Å². The molecule has 1 atom stereocenters. The van der Waals surface area contributed by atoms with Crippen molar-refractivity contribution in [2.45, 2.75) is 13.0 Å². The van der Waals surface area contributed by atoms with Crippen molar-refractivity contribution in [1.82, 2.24) is 0 Å². The van der Waals surface area contributed by atoms with Crippen LogP contribution in [0.2, 0.25) is 0 Å². The number of nitro groups is 1. The molecule has 21 heavy (non-hydrogen) atoms. The molecule has 7 heteroatoms. The van der Waals surface area contributed by atoms with Crippen LogP contribution in [0.25, 0.3) is 0 Å². The molecule has 0 radical (unpaired) electrons. The third kappa shape index (κ3) is 3.81. The van der Waals surface area contributed by atoms with Crippen molar-refractivity contribution >= 4 is 37.5 Å². The topological polar surface area (TPSA) is 78.4 Å². The standard InChI is InChI=1S/C14H12Br2N2O3/c1-8(17)11-4-2-10(16)7-14(11)21-13-5-3-9(15)6-12(13)18(19)20/h2-8H,17H2,1H3. The van der Waals surface area contributed by atoms with Gasteiger partial charge in [0.25, 0.3) is 0 Å². The predicted molar refractivity (Wildman–Crippen MR) is 87.6 cm³/mol. The van der Waals surface area contributed by atoms with E-state index in [1.54, 1.807) is 18.2 Å². The molecule has 0 amide bonds. The average Bonchev–Trinajstić information content (AvgIpc) is 2.40. The lowest BCUT2D eigenvalue weighted by Gasteiger charge is -2.14. The van der Waals surface area contributed by atoms with Gasteiger partial charge >= 0.3 is 5.69 Å². The van der Waals surface area contributed by atoms with E-state index in [-0.39, 0.29) is 17.5 Å². The number of hydrogen-bond acceptors (Lipinski definition) is 4. The second-order valence-corrected chi connectivity index (χ2v) is 6.27. The molecule has 2 aromatic rings. The quantitative estimate of drug-likeness (QED) is 0.567. The average molecular weight is 416 g/mol. The van der Waals surface area contributed by atoms with Crippen molar-refractivity contribution in [3.8, 4) is 11.5 Å². The molecule has 110 valence electrons. The number of halogens is 2. The fourth-order valence-electron chi connectivity index (χ4n) is 1.81. The summed E-state index contributed by atoms with van der Waals surface area (Å²) in [5, 5.41) is 11.1. The van der Waals surface area contributed by atoms with Crippen molar-refractivity contribution in [3.05, 3.63) is 61.0 Å². The lowest BCUT2D eigenvalue weighted by atomic mass is 10.1. The molecule has 2 rings (SSSR count). The zero-order chi connectivity index (χ0) is 15.6. The van der Waals surface area contributed by atoms with Gasteiger partial charge in [-0.1, -0.05) is 37.9 Å². The maximum absolute atomic E-state index is 11.1. The van der Waals surface area contributed by atoms with Crippen molar-refractivity contribution in [2.24, 2.45) is 5.73 Å². The number of hydrogen-bond donors (Lipinski definition) is 1. The minimum absolute atomic E-state index is 0.111. The second-order valence-electron chi connectivity index (χ2n) is 4.44. The maximum Gasteiger partial charge on any atom is 0.312 e. The fourth-order valence-corrected chi connectivity index (χ4v) is 2.50. The summed E-state index contributed by atoms with van der Waals surface area (Å²) in [5.74, 6) is 0.660. The third-order valence-corrected chi connectivity index (χ3v) is 3.79. The van der Waals surface area contributed by atoms with E-state index in [1.807, 2.05) is 19.1 Å². The van der Waals surface area contributed by atoms with Crippen LogP contribution in [-0.4, -0.2) is 4.92 Å². The van der Waals surface area contributed by atoms with Gasteiger partial charge in [-0.25, -0.2) is 0 Å². The predicted octanol–water partition coefficient (Wildman–Crippen LogP) is 4.93. The number of nitrogens with zero attached hydrogens (tertiary/aromatic N) is 1. The smallest absolute Gasteiger partial charge is 0.312 e. The summed E-state index contributed by atoms with van der Waals surface area (Å²) in [6, 6.07) is 9.81. The maximum atomic E-state index is 11.1. The van der Waals surface area contributed by atoms with Crippen LogP contribution in [0.1, 0.15) is 18.5 Å². The Hall–Kier alpha value is -1.44. The molecule has 0 saturated heterocycles. The van der Waals surface area contributed by atoms with E-state index < -0.39 is 4.92 Å². The Balaban J connectivity index is 2.47. The zero-order valence-electron chi connectivity index (χ0n) is 11.0. The second kappa shape index (κ2) is 6.55. The molecule has 0 aliphatic heterocycles. The molecule has 0 aromatic heterocycles. The minimum atomic E-state index is -0.483. The molecular weight excluding hydrogens is 404 g/mol. The van der Waals surface area contributed by atoms with E-state index in [4.69, 9.17) is 10.5 Å². The highest BCUT2D eigenvalue weighted by atomic mass is 79.9. The van der Waals surface area contributed by atoms with Gasteiger partial charge in [-0.3, -0.25) is 10.1 Å². The number of rotatable bonds is 4. The number of benzene rings is 2. The van der Waals surface area contributed by atoms with Gasteiger partial charge in [0, 0.05) is 26.6 Å². The van der Waals surface area contributed by atoms with Crippen LogP contribution in [-0.2, 0) is 0 Å². The molecule has 2 aromatic carbocycles. The van der Waals surface area contributed by atoms with Gasteiger partial charge in [0.15, 0.2) is 0 Å². The molecule has 0 saturated carbocycles. The van der Waals surface area contributed by atoms with Gasteiger partial charge in [0.05, 0.1) is 4.92 Å². The van der Waals surface area contributed by atoms with Gasteiger partial charge in [-0.2, -0.15) is 0 Å². The van der Waals surface area contributed by atoms with E-state index in [2.05, 4.69) is 31.9 Å². The molecule has 0 heterocycles. The highest BCUT2D eigenvalue weighted by Crippen LogP contribution is 2.37. The SMILES string of the molecule is CC(N)c1ccc(Br)cc1Oc1ccc(Br)cc1[N+](=O)[O-]. The first-order chi connectivity index (χ1) is 9.88. The van der Waals surface area contributed by atoms with Gasteiger partial charge in [-0.05, 0) is 31.2 Å². The van der Waals surface area contributed by atoms with E-state index in [1.165, 1.54) is 6.07 Å². The summed E-state index contributed by atoms with van der Waals surface area (Å²) in [7, 11) is 0. The Kier molecular flexibility index (Phi) is 4.97. The molecular formula is C14H12Br2N2O3. The van der Waals surface area contributed by atoms with Crippen LogP contribution in [0.5, 0.6) is 11.5 Å². The van der Waals surface area contributed by atoms with Crippen LogP contribution in [0.15, 0.2) is 45.3 Å². The summed E-state index contributed by atoms with van der Waals surface area (Å²) in [4.78, 5) is 10.6. The number of ether oxygens (including phenoxy) is 1. The Labute approximate surface area is 138 Å². The monoisotopic (exact) mass is 414 g/mol. The first-order valence-electron chi connectivity index (χ1n) is 6.05. The normalized spacial score (nSPS) is 12.0. The number of nitrogens with two attached hydrogens (primary N) is 1. The fraction of sp³-hybridized carbons (Fsp3) is 0.143. The van der Waals surface area contributed by atoms with Crippen molar-refractivity contribution in [3.63, 3.8) is 0 Å². The van der Waals surface area contributed by atoms with Gasteiger partial charge in [0.1, 0.15) is 5.75 Å². The highest BCUT2D eigenvalue weighted by molar-refractivity contribution is 9.10. The van der Waals surface area contributed by atoms with Crippen LogP contribution in [0.4, 0.5) is 5.69 Å². The highest BCUT2D eigenvalue weighted by Gasteiger charge is 2.18. The molecule has 0 aliphatic carbocycles. The molecule has 2 N–H and O–H groups in total. The summed E-state index contributed by atoms with van der Waals surface area (Å²) in [6.07, 6.45) is 0. The Morgan fingerprint density at radius 1 is 1.14 bits per heavy atom. The lowest BCUT2D eigenvalue weighted by molar-refractivity contribution is -0.385. The first kappa shape index (κ1) is 15.9. The first-order valence-corrected chi connectivity index (χ1v) is 7.64. The van der Waals surface area contributed by atoms with E-state index >= 15 is 0 Å². The third-order valence-electron chi connectivity index (χ3n) is 2.80. The van der Waals surface area contributed by atoms with Gasteiger partial charge in [0.2, 0.25) is 5.75 Å². The Morgan fingerprint density at radius 2 is 1.76 bits per heavy atom. The Morgan fingerprint density at radius 3 is 2.38 bits per heavy atom. The van der Waals surface area contributed by atoms with E-state index in [9.17, 15) is 10.1 Å². The number of nitro benzene ring substituents is 1.